The molecule has 0 fully saturated rings. The van der Waals surface area contributed by atoms with E-state index in [4.69, 9.17) is 14.2 Å². The molecular formula is C20H24F3NO4. The van der Waals surface area contributed by atoms with Gasteiger partial charge < -0.3 is 24.3 Å². The summed E-state index contributed by atoms with van der Waals surface area (Å²) in [6, 6.07) is 9.32. The molecule has 2 aromatic rings. The Morgan fingerprint density at radius 3 is 2.11 bits per heavy atom. The SMILES string of the molecule is COc1cc(CNC(C)C(OC)c2ccccc2F)cc(OC)c1OC(F)F. The number of alkyl halides is 2. The summed E-state index contributed by atoms with van der Waals surface area (Å²) in [7, 11) is 4.22. The number of ether oxygens (including phenoxy) is 4. The molecule has 0 saturated heterocycles. The van der Waals surface area contributed by atoms with Gasteiger partial charge in [0.05, 0.1) is 20.3 Å². The maximum atomic E-state index is 14.1. The van der Waals surface area contributed by atoms with Gasteiger partial charge in [-0.15, -0.1) is 0 Å². The number of hydrogen-bond acceptors (Lipinski definition) is 5. The van der Waals surface area contributed by atoms with Gasteiger partial charge in [-0.25, -0.2) is 4.39 Å². The van der Waals surface area contributed by atoms with E-state index in [0.29, 0.717) is 17.7 Å². The maximum absolute atomic E-state index is 14.1. The minimum absolute atomic E-state index is 0.126. The molecule has 5 nitrogen and oxygen atoms in total. The van der Waals surface area contributed by atoms with Crippen LogP contribution in [0.2, 0.25) is 0 Å². The Labute approximate surface area is 162 Å². The van der Waals surface area contributed by atoms with Crippen molar-refractivity contribution in [2.24, 2.45) is 0 Å². The van der Waals surface area contributed by atoms with Crippen LogP contribution in [0.3, 0.4) is 0 Å². The maximum Gasteiger partial charge on any atom is 0.387 e. The minimum Gasteiger partial charge on any atom is -0.493 e. The molecule has 0 aliphatic heterocycles. The van der Waals surface area contributed by atoms with Gasteiger partial charge >= 0.3 is 6.61 Å². The van der Waals surface area contributed by atoms with E-state index in [9.17, 15) is 13.2 Å². The predicted octanol–water partition coefficient (Wildman–Crippen LogP) is 4.31. The summed E-state index contributed by atoms with van der Waals surface area (Å²) in [6.45, 7) is -0.796. The lowest BCUT2D eigenvalue weighted by molar-refractivity contribution is -0.0526. The van der Waals surface area contributed by atoms with Gasteiger partial charge in [0.15, 0.2) is 11.5 Å². The molecule has 0 saturated carbocycles. The van der Waals surface area contributed by atoms with Crippen LogP contribution in [0.15, 0.2) is 36.4 Å². The zero-order chi connectivity index (χ0) is 20.7. The smallest absolute Gasteiger partial charge is 0.387 e. The zero-order valence-electron chi connectivity index (χ0n) is 16.2. The molecule has 0 aromatic heterocycles. The van der Waals surface area contributed by atoms with Crippen LogP contribution in [0, 0.1) is 5.82 Å². The number of nitrogens with one attached hydrogen (secondary N) is 1. The van der Waals surface area contributed by atoms with E-state index in [1.807, 2.05) is 6.92 Å². The molecule has 2 aromatic carbocycles. The molecule has 154 valence electrons. The van der Waals surface area contributed by atoms with Gasteiger partial charge in [-0.3, -0.25) is 0 Å². The molecule has 2 atom stereocenters. The van der Waals surface area contributed by atoms with Crippen LogP contribution >= 0.6 is 0 Å². The summed E-state index contributed by atoms with van der Waals surface area (Å²) in [5.74, 6) is -0.263. The van der Waals surface area contributed by atoms with Crippen molar-refractivity contribution in [1.29, 1.82) is 0 Å². The summed E-state index contributed by atoms with van der Waals surface area (Å²) in [5.41, 5.74) is 1.16. The molecule has 8 heteroatoms. The average Bonchev–Trinajstić information content (AvgIpc) is 2.68. The van der Waals surface area contributed by atoms with Crippen molar-refractivity contribution in [1.82, 2.24) is 5.32 Å². The van der Waals surface area contributed by atoms with Gasteiger partial charge in [0, 0.05) is 25.3 Å². The molecule has 0 amide bonds. The molecule has 2 rings (SSSR count). The first-order chi connectivity index (χ1) is 13.4. The number of rotatable bonds is 10. The lowest BCUT2D eigenvalue weighted by Crippen LogP contribution is -2.33. The van der Waals surface area contributed by atoms with Gasteiger partial charge in [-0.05, 0) is 30.7 Å². The van der Waals surface area contributed by atoms with E-state index in [0.717, 1.165) is 0 Å². The fourth-order valence-corrected chi connectivity index (χ4v) is 2.93. The molecule has 0 aliphatic carbocycles. The molecule has 0 aliphatic rings. The Balaban J connectivity index is 2.17. The number of halogens is 3. The second-order valence-electron chi connectivity index (χ2n) is 6.06. The summed E-state index contributed by atoms with van der Waals surface area (Å²) < 4.78 is 59.6. The van der Waals surface area contributed by atoms with Gasteiger partial charge in [0.2, 0.25) is 5.75 Å². The van der Waals surface area contributed by atoms with E-state index < -0.39 is 12.7 Å². The second kappa shape index (κ2) is 10.2. The zero-order valence-corrected chi connectivity index (χ0v) is 16.2. The van der Waals surface area contributed by atoms with Crippen LogP contribution in [0.4, 0.5) is 13.2 Å². The van der Waals surface area contributed by atoms with Gasteiger partial charge in [0.1, 0.15) is 5.82 Å². The quantitative estimate of drug-likeness (QED) is 0.645. The molecule has 0 bridgehead atoms. The molecule has 0 radical (unpaired) electrons. The molecule has 28 heavy (non-hydrogen) atoms. The average molecular weight is 399 g/mol. The molecular weight excluding hydrogens is 375 g/mol. The van der Waals surface area contributed by atoms with Crippen LogP contribution in [-0.2, 0) is 11.3 Å². The summed E-state index contributed by atoms with van der Waals surface area (Å²) in [5, 5.41) is 3.25. The topological polar surface area (TPSA) is 49.0 Å². The number of hydrogen-bond donors (Lipinski definition) is 1. The molecule has 0 spiro atoms. The number of benzene rings is 2. The van der Waals surface area contributed by atoms with Crippen molar-refractivity contribution in [2.45, 2.75) is 32.2 Å². The van der Waals surface area contributed by atoms with E-state index >= 15 is 0 Å². The predicted molar refractivity (Wildman–Crippen MR) is 98.6 cm³/mol. The Morgan fingerprint density at radius 1 is 1.00 bits per heavy atom. The fourth-order valence-electron chi connectivity index (χ4n) is 2.93. The third-order valence-corrected chi connectivity index (χ3v) is 4.28. The Bertz CT molecular complexity index is 748. The van der Waals surface area contributed by atoms with E-state index in [-0.39, 0.29) is 29.1 Å². The first kappa shape index (κ1) is 21.8. The van der Waals surface area contributed by atoms with Gasteiger partial charge in [0.25, 0.3) is 0 Å². The Hall–Kier alpha value is -2.45. The highest BCUT2D eigenvalue weighted by molar-refractivity contribution is 5.54. The van der Waals surface area contributed by atoms with E-state index in [2.05, 4.69) is 10.1 Å². The molecule has 2 unspecified atom stereocenters. The van der Waals surface area contributed by atoms with Crippen molar-refractivity contribution in [2.75, 3.05) is 21.3 Å². The fraction of sp³-hybridized carbons (Fsp3) is 0.400. The monoisotopic (exact) mass is 399 g/mol. The highest BCUT2D eigenvalue weighted by Gasteiger charge is 2.22. The normalized spacial score (nSPS) is 13.3. The summed E-state index contributed by atoms with van der Waals surface area (Å²) in [6.07, 6.45) is -0.508. The Kier molecular flexibility index (Phi) is 7.95. The van der Waals surface area contributed by atoms with Crippen molar-refractivity contribution in [3.05, 3.63) is 53.3 Å². The molecule has 0 heterocycles. The van der Waals surface area contributed by atoms with Crippen LogP contribution in [0.25, 0.3) is 0 Å². The van der Waals surface area contributed by atoms with Crippen LogP contribution in [0.1, 0.15) is 24.2 Å². The van der Waals surface area contributed by atoms with Crippen molar-refractivity contribution < 1.29 is 32.1 Å². The first-order valence-electron chi connectivity index (χ1n) is 8.61. The molecule has 1 N–H and O–H groups in total. The van der Waals surface area contributed by atoms with Gasteiger partial charge in [-0.2, -0.15) is 8.78 Å². The van der Waals surface area contributed by atoms with Crippen LogP contribution in [0.5, 0.6) is 17.2 Å². The van der Waals surface area contributed by atoms with E-state index in [1.54, 1.807) is 30.3 Å². The van der Waals surface area contributed by atoms with Crippen LogP contribution in [-0.4, -0.2) is 34.0 Å². The van der Waals surface area contributed by atoms with Crippen molar-refractivity contribution >= 4 is 0 Å². The highest BCUT2D eigenvalue weighted by atomic mass is 19.3. The number of methoxy groups -OCH3 is 3. The third kappa shape index (κ3) is 5.30. The minimum atomic E-state index is -3.00. The summed E-state index contributed by atoms with van der Waals surface area (Å²) >= 11 is 0. The third-order valence-electron chi connectivity index (χ3n) is 4.28. The van der Waals surface area contributed by atoms with Gasteiger partial charge in [-0.1, -0.05) is 18.2 Å². The standard InChI is InChI=1S/C20H24F3NO4/c1-12(18(27-4)14-7-5-6-8-15(14)21)24-11-13-9-16(25-2)19(28-20(22)23)17(10-13)26-3/h5-10,12,18,20,24H,11H2,1-4H3. The van der Waals surface area contributed by atoms with Crippen LogP contribution < -0.4 is 19.5 Å². The second-order valence-corrected chi connectivity index (χ2v) is 6.06. The van der Waals surface area contributed by atoms with Crippen molar-refractivity contribution in [3.8, 4) is 17.2 Å². The van der Waals surface area contributed by atoms with Crippen molar-refractivity contribution in [3.63, 3.8) is 0 Å². The first-order valence-corrected chi connectivity index (χ1v) is 8.61. The van der Waals surface area contributed by atoms with E-state index in [1.165, 1.54) is 27.4 Å². The Morgan fingerprint density at radius 2 is 1.61 bits per heavy atom. The largest absolute Gasteiger partial charge is 0.493 e. The highest BCUT2D eigenvalue weighted by Crippen LogP contribution is 2.39. The lowest BCUT2D eigenvalue weighted by Gasteiger charge is -2.25. The lowest BCUT2D eigenvalue weighted by atomic mass is 10.0. The summed E-state index contributed by atoms with van der Waals surface area (Å²) in [4.78, 5) is 0.